The fourth-order valence-electron chi connectivity index (χ4n) is 1.37. The van der Waals surface area contributed by atoms with E-state index < -0.39 is 5.97 Å². The number of nitrogens with zero attached hydrogens (tertiary/aromatic N) is 3. The van der Waals surface area contributed by atoms with Crippen molar-refractivity contribution in [1.29, 1.82) is 0 Å². The predicted octanol–water partition coefficient (Wildman–Crippen LogP) is 1.40. The van der Waals surface area contributed by atoms with E-state index in [9.17, 15) is 4.79 Å². The van der Waals surface area contributed by atoms with Gasteiger partial charge < -0.3 is 5.11 Å². The monoisotopic (exact) mass is 225 g/mol. The number of aryl methyl sites for hydroxylation is 1. The molecule has 1 N–H and O–H groups in total. The molecule has 0 aromatic carbocycles. The normalized spacial score (nSPS) is 10.7. The molecule has 0 spiro atoms. The highest BCUT2D eigenvalue weighted by Gasteiger charge is 2.10. The molecule has 0 saturated carbocycles. The molecule has 0 amide bonds. The van der Waals surface area contributed by atoms with Gasteiger partial charge in [-0.2, -0.15) is 0 Å². The highest BCUT2D eigenvalue weighted by Crippen LogP contribution is 2.16. The minimum Gasteiger partial charge on any atom is -0.481 e. The second-order valence-corrected chi connectivity index (χ2v) is 3.39. The topological polar surface area (TPSA) is 67.5 Å². The molecular formula is C9H8ClN3O2. The molecular weight excluding hydrogens is 218 g/mol. The molecule has 0 aliphatic carbocycles. The van der Waals surface area contributed by atoms with E-state index >= 15 is 0 Å². The number of aromatic nitrogens is 3. The fraction of sp³-hybridized carbons (Fsp3) is 0.222. The molecule has 0 fully saturated rings. The highest BCUT2D eigenvalue weighted by atomic mass is 35.5. The van der Waals surface area contributed by atoms with Crippen LogP contribution in [-0.2, 0) is 11.2 Å². The lowest BCUT2D eigenvalue weighted by Crippen LogP contribution is -1.98. The largest absolute Gasteiger partial charge is 0.481 e. The molecule has 78 valence electrons. The van der Waals surface area contributed by atoms with Crippen LogP contribution in [0, 0.1) is 0 Å². The smallest absolute Gasteiger partial charge is 0.303 e. The Hall–Kier alpha value is -1.62. The molecule has 0 unspecified atom stereocenters. The second-order valence-electron chi connectivity index (χ2n) is 3.05. The number of rotatable bonds is 3. The molecule has 0 saturated heterocycles. The molecule has 0 atom stereocenters. The van der Waals surface area contributed by atoms with Gasteiger partial charge >= 0.3 is 5.97 Å². The summed E-state index contributed by atoms with van der Waals surface area (Å²) in [5.74, 6) is -0.851. The molecule has 15 heavy (non-hydrogen) atoms. The van der Waals surface area contributed by atoms with Gasteiger partial charge in [0.15, 0.2) is 0 Å². The quantitative estimate of drug-likeness (QED) is 0.858. The fourth-order valence-corrected chi connectivity index (χ4v) is 1.62. The summed E-state index contributed by atoms with van der Waals surface area (Å²) in [5.41, 5.74) is 1.42. The number of carbonyl (C=O) groups is 1. The Balaban J connectivity index is 2.39. The first-order valence-electron chi connectivity index (χ1n) is 4.36. The van der Waals surface area contributed by atoms with Gasteiger partial charge in [-0.05, 0) is 11.6 Å². The van der Waals surface area contributed by atoms with Gasteiger partial charge in [0.1, 0.15) is 0 Å². The number of hydrogen-bond donors (Lipinski definition) is 1. The molecule has 0 aliphatic rings. The van der Waals surface area contributed by atoms with E-state index in [1.807, 2.05) is 0 Å². The molecule has 0 radical (unpaired) electrons. The third-order valence-electron chi connectivity index (χ3n) is 2.06. The zero-order chi connectivity index (χ0) is 10.8. The third-order valence-corrected chi connectivity index (χ3v) is 2.32. The zero-order valence-electron chi connectivity index (χ0n) is 7.72. The van der Waals surface area contributed by atoms with Crippen LogP contribution >= 0.6 is 11.6 Å². The van der Waals surface area contributed by atoms with Gasteiger partial charge in [0.2, 0.25) is 5.28 Å². The van der Waals surface area contributed by atoms with Crippen LogP contribution in [0.2, 0.25) is 5.28 Å². The summed E-state index contributed by atoms with van der Waals surface area (Å²) in [6.07, 6.45) is 5.31. The maximum Gasteiger partial charge on any atom is 0.303 e. The minimum absolute atomic E-state index is 0.0396. The highest BCUT2D eigenvalue weighted by molar-refractivity contribution is 6.28. The van der Waals surface area contributed by atoms with Gasteiger partial charge in [-0.3, -0.25) is 14.2 Å². The van der Waals surface area contributed by atoms with Crippen molar-refractivity contribution in [3.8, 4) is 0 Å². The van der Waals surface area contributed by atoms with Crippen LogP contribution < -0.4 is 0 Å². The number of aliphatic carboxylic acids is 1. The lowest BCUT2D eigenvalue weighted by Gasteiger charge is -1.94. The van der Waals surface area contributed by atoms with Gasteiger partial charge in [0, 0.05) is 18.8 Å². The average molecular weight is 226 g/mol. The van der Waals surface area contributed by atoms with Crippen molar-refractivity contribution in [1.82, 2.24) is 14.4 Å². The number of halogens is 1. The van der Waals surface area contributed by atoms with E-state index in [1.165, 1.54) is 0 Å². The molecule has 2 aromatic rings. The summed E-state index contributed by atoms with van der Waals surface area (Å²) in [4.78, 5) is 18.5. The number of carboxylic acid groups (broad SMARTS) is 1. The van der Waals surface area contributed by atoms with E-state index in [-0.39, 0.29) is 6.42 Å². The van der Waals surface area contributed by atoms with Crippen molar-refractivity contribution >= 4 is 23.1 Å². The Morgan fingerprint density at radius 3 is 3.13 bits per heavy atom. The van der Waals surface area contributed by atoms with Crippen molar-refractivity contribution in [2.75, 3.05) is 0 Å². The van der Waals surface area contributed by atoms with Crippen molar-refractivity contribution < 1.29 is 9.90 Å². The first-order chi connectivity index (χ1) is 7.18. The van der Waals surface area contributed by atoms with E-state index in [0.29, 0.717) is 17.4 Å². The Labute approximate surface area is 90.3 Å². The van der Waals surface area contributed by atoms with E-state index in [1.54, 1.807) is 23.0 Å². The molecule has 2 aromatic heterocycles. The molecule has 2 rings (SSSR count). The van der Waals surface area contributed by atoms with Gasteiger partial charge in [0.25, 0.3) is 0 Å². The van der Waals surface area contributed by atoms with Crippen molar-refractivity contribution in [2.24, 2.45) is 0 Å². The summed E-state index contributed by atoms with van der Waals surface area (Å²) in [5, 5.41) is 8.90. The van der Waals surface area contributed by atoms with Gasteiger partial charge in [-0.1, -0.05) is 0 Å². The molecule has 0 aliphatic heterocycles. The maximum atomic E-state index is 10.4. The first-order valence-corrected chi connectivity index (χ1v) is 4.74. The lowest BCUT2D eigenvalue weighted by molar-refractivity contribution is -0.136. The maximum absolute atomic E-state index is 10.4. The molecule has 5 nitrogen and oxygen atoms in total. The Morgan fingerprint density at radius 1 is 1.60 bits per heavy atom. The van der Waals surface area contributed by atoms with Crippen LogP contribution in [0.5, 0.6) is 0 Å². The molecule has 0 bridgehead atoms. The number of imidazole rings is 1. The lowest BCUT2D eigenvalue weighted by atomic mass is 10.2. The van der Waals surface area contributed by atoms with Crippen LogP contribution in [-0.4, -0.2) is 25.4 Å². The van der Waals surface area contributed by atoms with Crippen molar-refractivity contribution in [2.45, 2.75) is 12.8 Å². The number of carboxylic acids is 1. The van der Waals surface area contributed by atoms with Crippen LogP contribution in [0.3, 0.4) is 0 Å². The molecule has 6 heteroatoms. The average Bonchev–Trinajstić information content (AvgIpc) is 2.54. The second kappa shape index (κ2) is 3.86. The predicted molar refractivity (Wildman–Crippen MR) is 54.0 cm³/mol. The van der Waals surface area contributed by atoms with Crippen LogP contribution in [0.15, 0.2) is 18.6 Å². The van der Waals surface area contributed by atoms with Crippen molar-refractivity contribution in [3.05, 3.63) is 29.6 Å². The first kappa shape index (κ1) is 9.92. The number of fused-ring (bicyclic) bond motifs is 1. The van der Waals surface area contributed by atoms with Crippen LogP contribution in [0.4, 0.5) is 0 Å². The molecule has 2 heterocycles. The Morgan fingerprint density at radius 2 is 2.40 bits per heavy atom. The Bertz CT molecular complexity index is 509. The van der Waals surface area contributed by atoms with Crippen molar-refractivity contribution in [3.63, 3.8) is 0 Å². The minimum atomic E-state index is -0.851. The van der Waals surface area contributed by atoms with Crippen LogP contribution in [0.1, 0.15) is 12.1 Å². The third kappa shape index (κ3) is 1.92. The SMILES string of the molecule is O=C(O)CCc1nc(Cl)n2ccncc12. The summed E-state index contributed by atoms with van der Waals surface area (Å²) >= 11 is 5.87. The van der Waals surface area contributed by atoms with E-state index in [2.05, 4.69) is 9.97 Å². The standard InChI is InChI=1S/C9H8ClN3O2/c10-9-12-6(1-2-8(14)15)7-5-11-3-4-13(7)9/h3-5H,1-2H2,(H,14,15). The van der Waals surface area contributed by atoms with Gasteiger partial charge in [0.05, 0.1) is 23.8 Å². The van der Waals surface area contributed by atoms with E-state index in [0.717, 1.165) is 5.52 Å². The summed E-state index contributed by atoms with van der Waals surface area (Å²) in [7, 11) is 0. The summed E-state index contributed by atoms with van der Waals surface area (Å²) in [6.45, 7) is 0. The number of hydrogen-bond acceptors (Lipinski definition) is 3. The Kier molecular flexibility index (Phi) is 2.55. The zero-order valence-corrected chi connectivity index (χ0v) is 8.48. The summed E-state index contributed by atoms with van der Waals surface area (Å²) in [6, 6.07) is 0. The van der Waals surface area contributed by atoms with Gasteiger partial charge in [-0.25, -0.2) is 4.98 Å². The van der Waals surface area contributed by atoms with Gasteiger partial charge in [-0.15, -0.1) is 0 Å². The van der Waals surface area contributed by atoms with E-state index in [4.69, 9.17) is 16.7 Å². The van der Waals surface area contributed by atoms with Crippen LogP contribution in [0.25, 0.3) is 5.52 Å². The summed E-state index contributed by atoms with van der Waals surface area (Å²) < 4.78 is 1.67.